The second-order valence-electron chi connectivity index (χ2n) is 12.5. The third-order valence-electron chi connectivity index (χ3n) is 8.91. The molecule has 4 heterocycles. The van der Waals surface area contributed by atoms with E-state index in [0.717, 1.165) is 11.1 Å². The van der Waals surface area contributed by atoms with Gasteiger partial charge in [0.15, 0.2) is 0 Å². The Morgan fingerprint density at radius 1 is 0.280 bits per heavy atom. The molecule has 0 nitrogen and oxygen atoms in total. The molecule has 0 spiro atoms. The van der Waals surface area contributed by atoms with Crippen molar-refractivity contribution >= 4 is 56.5 Å². The van der Waals surface area contributed by atoms with Crippen molar-refractivity contribution < 1.29 is 0 Å². The lowest BCUT2D eigenvalue weighted by atomic mass is 10.0. The Balaban J connectivity index is 0.940. The fraction of sp³-hybridized carbons (Fsp3) is 0.0435. The van der Waals surface area contributed by atoms with Crippen molar-refractivity contribution in [1.82, 2.24) is 0 Å². The molecule has 0 aliphatic heterocycles. The third kappa shape index (κ3) is 6.68. The van der Waals surface area contributed by atoms with Crippen LogP contribution in [0.15, 0.2) is 159 Å². The lowest BCUT2D eigenvalue weighted by Crippen LogP contribution is -1.81. The summed E-state index contributed by atoms with van der Waals surface area (Å²) in [6, 6.07) is 53.3. The maximum Gasteiger partial charge on any atom is 0.0449 e. The number of hydrogen-bond donors (Lipinski definition) is 0. The van der Waals surface area contributed by atoms with E-state index >= 15 is 0 Å². The zero-order valence-corrected chi connectivity index (χ0v) is 31.2. The molecule has 0 fully saturated rings. The van der Waals surface area contributed by atoms with E-state index in [1.165, 1.54) is 83.5 Å². The molecule has 4 aromatic carbocycles. The molecule has 0 atom stereocenters. The predicted octanol–water partition coefficient (Wildman–Crippen LogP) is 15.7. The minimum atomic E-state index is 1.09. The van der Waals surface area contributed by atoms with E-state index in [1.54, 1.807) is 0 Å². The van der Waals surface area contributed by atoms with Gasteiger partial charge in [0.05, 0.1) is 0 Å². The first kappa shape index (κ1) is 32.4. The second kappa shape index (κ2) is 13.8. The lowest BCUT2D eigenvalue weighted by Gasteiger charge is -2.05. The highest BCUT2D eigenvalue weighted by Gasteiger charge is 2.13. The molecule has 242 valence electrons. The molecule has 8 aromatic rings. The Morgan fingerprint density at radius 2 is 0.480 bits per heavy atom. The molecule has 4 aromatic heterocycles. The first-order valence-corrected chi connectivity index (χ1v) is 19.8. The van der Waals surface area contributed by atoms with Crippen LogP contribution in [0, 0.1) is 0 Å². The highest BCUT2D eigenvalue weighted by molar-refractivity contribution is 7.29. The van der Waals surface area contributed by atoms with Crippen LogP contribution in [0.25, 0.3) is 83.5 Å². The third-order valence-corrected chi connectivity index (χ3v) is 13.9. The number of rotatable bonds is 9. The normalized spacial score (nSPS) is 11.2. The number of hydrogen-bond acceptors (Lipinski definition) is 4. The zero-order chi connectivity index (χ0) is 34.2. The zero-order valence-electron chi connectivity index (χ0n) is 27.9. The molecule has 0 radical (unpaired) electrons. The van der Waals surface area contributed by atoms with E-state index < -0.39 is 0 Å². The maximum absolute atomic E-state index is 4.05. The summed E-state index contributed by atoms with van der Waals surface area (Å²) in [6.45, 7) is 12.2. The molecule has 0 unspecified atom stereocenters. The molecule has 0 bridgehead atoms. The SMILES string of the molecule is C=C(C)c1ccc(-c2ccc(-c3ccc(-c4ccc(-c5ccc(-c6ccc(-c7ccc(-c8ccc(C(=C)C)cc8)cc7)s6)s5)s4)s3)cc2)cc1. The Hall–Kier alpha value is -4.84. The second-order valence-corrected chi connectivity index (χ2v) is 16.9. The van der Waals surface area contributed by atoms with Gasteiger partial charge in [-0.1, -0.05) is 121 Å². The Kier molecular flexibility index (Phi) is 8.94. The molecule has 0 amide bonds. The van der Waals surface area contributed by atoms with Crippen LogP contribution < -0.4 is 0 Å². The molecular weight excluding hydrogens is 681 g/mol. The van der Waals surface area contributed by atoms with Gasteiger partial charge in [-0.2, -0.15) is 0 Å². The average Bonchev–Trinajstić information content (AvgIpc) is 3.99. The van der Waals surface area contributed by atoms with Crippen molar-refractivity contribution in [2.45, 2.75) is 13.8 Å². The van der Waals surface area contributed by atoms with Gasteiger partial charge in [-0.25, -0.2) is 0 Å². The molecule has 0 aliphatic rings. The first-order valence-electron chi connectivity index (χ1n) is 16.5. The molecule has 4 heteroatoms. The van der Waals surface area contributed by atoms with Crippen molar-refractivity contribution in [3.63, 3.8) is 0 Å². The van der Waals surface area contributed by atoms with Gasteiger partial charge in [0, 0.05) is 39.0 Å². The Bertz CT molecular complexity index is 2260. The van der Waals surface area contributed by atoms with Crippen LogP contribution in [-0.4, -0.2) is 0 Å². The number of benzene rings is 4. The summed E-state index contributed by atoms with van der Waals surface area (Å²) in [4.78, 5) is 10.5. The Labute approximate surface area is 310 Å². The fourth-order valence-electron chi connectivity index (χ4n) is 6.00. The van der Waals surface area contributed by atoms with Crippen molar-refractivity contribution in [1.29, 1.82) is 0 Å². The van der Waals surface area contributed by atoms with Crippen molar-refractivity contribution in [3.8, 4) is 72.4 Å². The average molecular weight is 715 g/mol. The quantitative estimate of drug-likeness (QED) is 0.140. The smallest absolute Gasteiger partial charge is 0.0449 e. The molecule has 0 saturated carbocycles. The largest absolute Gasteiger partial charge is 0.134 e. The van der Waals surface area contributed by atoms with Crippen molar-refractivity contribution in [3.05, 3.63) is 170 Å². The maximum atomic E-state index is 4.05. The van der Waals surface area contributed by atoms with Gasteiger partial charge < -0.3 is 0 Å². The molecular formula is C46H34S4. The minimum absolute atomic E-state index is 1.09. The van der Waals surface area contributed by atoms with E-state index in [9.17, 15) is 0 Å². The van der Waals surface area contributed by atoms with Gasteiger partial charge in [0.2, 0.25) is 0 Å². The number of allylic oxidation sites excluding steroid dienone is 2. The van der Waals surface area contributed by atoms with Gasteiger partial charge in [-0.05, 0) is 107 Å². The van der Waals surface area contributed by atoms with Crippen LogP contribution in [0.1, 0.15) is 25.0 Å². The van der Waals surface area contributed by atoms with Crippen LogP contribution in [0.5, 0.6) is 0 Å². The van der Waals surface area contributed by atoms with Gasteiger partial charge in [-0.15, -0.1) is 45.3 Å². The lowest BCUT2D eigenvalue weighted by molar-refractivity contribution is 1.56. The summed E-state index contributed by atoms with van der Waals surface area (Å²) >= 11 is 7.47. The summed E-state index contributed by atoms with van der Waals surface area (Å²) in [6.07, 6.45) is 0. The van der Waals surface area contributed by atoms with Gasteiger partial charge in [-0.3, -0.25) is 0 Å². The van der Waals surface area contributed by atoms with Crippen LogP contribution >= 0.6 is 45.3 Å². The topological polar surface area (TPSA) is 0 Å². The standard InChI is InChI=1S/C46H34S4/c1-29(2)31-5-9-33(10-6-31)35-13-17-37(18-14-35)39-21-23-41(47-39)43-25-27-45(49-43)46-28-26-44(50-46)42-24-22-40(48-42)38-19-15-36(16-20-38)34-11-7-32(8-12-34)30(3)4/h5-28H,1,3H2,2,4H3. The van der Waals surface area contributed by atoms with Crippen LogP contribution in [-0.2, 0) is 0 Å². The highest BCUT2D eigenvalue weighted by atomic mass is 32.1. The van der Waals surface area contributed by atoms with Crippen molar-refractivity contribution in [2.24, 2.45) is 0 Å². The van der Waals surface area contributed by atoms with E-state index in [0.29, 0.717) is 0 Å². The minimum Gasteiger partial charge on any atom is -0.134 e. The summed E-state index contributed by atoms with van der Waals surface area (Å²) in [5.41, 5.74) is 12.0. The van der Waals surface area contributed by atoms with E-state index in [2.05, 4.69) is 159 Å². The Morgan fingerprint density at radius 3 is 0.740 bits per heavy atom. The van der Waals surface area contributed by atoms with Crippen LogP contribution in [0.3, 0.4) is 0 Å². The van der Waals surface area contributed by atoms with E-state index in [1.807, 2.05) is 59.2 Å². The molecule has 8 rings (SSSR count). The van der Waals surface area contributed by atoms with E-state index in [-0.39, 0.29) is 0 Å². The molecule has 0 aliphatic carbocycles. The van der Waals surface area contributed by atoms with Crippen LogP contribution in [0.2, 0.25) is 0 Å². The highest BCUT2D eigenvalue weighted by Crippen LogP contribution is 2.45. The molecule has 0 saturated heterocycles. The summed E-state index contributed by atoms with van der Waals surface area (Å²) in [5.74, 6) is 0. The predicted molar refractivity (Wildman–Crippen MR) is 225 cm³/mol. The fourth-order valence-corrected chi connectivity index (χ4v) is 10.3. The first-order chi connectivity index (χ1) is 24.4. The van der Waals surface area contributed by atoms with Crippen molar-refractivity contribution in [2.75, 3.05) is 0 Å². The molecule has 50 heavy (non-hydrogen) atoms. The molecule has 0 N–H and O–H groups in total. The van der Waals surface area contributed by atoms with Gasteiger partial charge in [0.1, 0.15) is 0 Å². The summed E-state index contributed by atoms with van der Waals surface area (Å²) in [7, 11) is 0. The van der Waals surface area contributed by atoms with E-state index in [4.69, 9.17) is 0 Å². The number of thiophene rings is 4. The van der Waals surface area contributed by atoms with Gasteiger partial charge >= 0.3 is 0 Å². The summed E-state index contributed by atoms with van der Waals surface area (Å²) in [5, 5.41) is 0. The summed E-state index contributed by atoms with van der Waals surface area (Å²) < 4.78 is 0. The van der Waals surface area contributed by atoms with Gasteiger partial charge in [0.25, 0.3) is 0 Å². The van der Waals surface area contributed by atoms with Crippen LogP contribution in [0.4, 0.5) is 0 Å². The monoisotopic (exact) mass is 714 g/mol.